The number of hydrogen-bond donors (Lipinski definition) is 1. The molecule has 0 aromatic carbocycles. The number of aromatic nitrogens is 1. The first kappa shape index (κ1) is 12.8. The normalized spacial score (nSPS) is 20.7. The van der Waals surface area contributed by atoms with Crippen LogP contribution in [0.5, 0.6) is 0 Å². The van der Waals surface area contributed by atoms with Crippen LogP contribution in [0.25, 0.3) is 0 Å². The lowest BCUT2D eigenvalue weighted by Crippen LogP contribution is -2.25. The van der Waals surface area contributed by atoms with Crippen LogP contribution in [0.4, 0.5) is 5.13 Å². The van der Waals surface area contributed by atoms with Crippen LogP contribution < -0.4 is 9.62 Å². The summed E-state index contributed by atoms with van der Waals surface area (Å²) in [6.07, 6.45) is 0.694. The highest BCUT2D eigenvalue weighted by Gasteiger charge is 2.30. The summed E-state index contributed by atoms with van der Waals surface area (Å²) in [7, 11) is -3.10. The SMILES string of the molecule is CCNC(C)c1csc(N2CCCS2(=O)=O)n1. The van der Waals surface area contributed by atoms with E-state index in [-0.39, 0.29) is 11.8 Å². The van der Waals surface area contributed by atoms with Gasteiger partial charge in [-0.2, -0.15) is 0 Å². The Bertz CT molecular complexity index is 483. The van der Waals surface area contributed by atoms with Crippen molar-refractivity contribution in [2.45, 2.75) is 26.3 Å². The fourth-order valence-corrected chi connectivity index (χ4v) is 4.57. The zero-order chi connectivity index (χ0) is 12.5. The van der Waals surface area contributed by atoms with Crippen LogP contribution in [0.3, 0.4) is 0 Å². The maximum atomic E-state index is 11.7. The Kier molecular flexibility index (Phi) is 3.70. The summed E-state index contributed by atoms with van der Waals surface area (Å²) in [5.41, 5.74) is 0.911. The minimum absolute atomic E-state index is 0.162. The van der Waals surface area contributed by atoms with E-state index in [9.17, 15) is 8.42 Å². The van der Waals surface area contributed by atoms with Gasteiger partial charge < -0.3 is 5.32 Å². The number of nitrogens with one attached hydrogen (secondary N) is 1. The van der Waals surface area contributed by atoms with E-state index >= 15 is 0 Å². The van der Waals surface area contributed by atoms with Gasteiger partial charge in [0.05, 0.1) is 11.4 Å². The third-order valence-electron chi connectivity index (χ3n) is 2.78. The molecule has 1 aromatic rings. The molecule has 0 aliphatic carbocycles. The molecule has 2 rings (SSSR count). The molecule has 0 saturated carbocycles. The highest BCUT2D eigenvalue weighted by atomic mass is 32.2. The number of anilines is 1. The van der Waals surface area contributed by atoms with Gasteiger partial charge in [0.25, 0.3) is 0 Å². The second kappa shape index (κ2) is 4.91. The zero-order valence-electron chi connectivity index (χ0n) is 10.0. The summed E-state index contributed by atoms with van der Waals surface area (Å²) in [5, 5.41) is 5.79. The van der Waals surface area contributed by atoms with Gasteiger partial charge in [-0.3, -0.25) is 0 Å². The first-order valence-electron chi connectivity index (χ1n) is 5.74. The van der Waals surface area contributed by atoms with Crippen molar-refractivity contribution in [3.63, 3.8) is 0 Å². The largest absolute Gasteiger partial charge is 0.309 e. The highest BCUT2D eigenvalue weighted by Crippen LogP contribution is 2.29. The van der Waals surface area contributed by atoms with Crippen LogP contribution in [-0.4, -0.2) is 32.2 Å². The summed E-state index contributed by atoms with van der Waals surface area (Å²) in [4.78, 5) is 4.41. The minimum Gasteiger partial charge on any atom is -0.309 e. The lowest BCUT2D eigenvalue weighted by Gasteiger charge is -2.13. The maximum absolute atomic E-state index is 11.7. The fraction of sp³-hybridized carbons (Fsp3) is 0.700. The molecule has 1 aromatic heterocycles. The van der Waals surface area contributed by atoms with Gasteiger partial charge >= 0.3 is 0 Å². The van der Waals surface area contributed by atoms with E-state index in [1.165, 1.54) is 15.6 Å². The third kappa shape index (κ3) is 2.61. The molecule has 1 fully saturated rings. The number of sulfonamides is 1. The van der Waals surface area contributed by atoms with Crippen molar-refractivity contribution in [2.75, 3.05) is 23.1 Å². The number of rotatable bonds is 4. The average Bonchev–Trinajstić information content (AvgIpc) is 2.84. The smallest absolute Gasteiger partial charge is 0.236 e. The molecule has 96 valence electrons. The van der Waals surface area contributed by atoms with Crippen LogP contribution in [-0.2, 0) is 10.0 Å². The molecule has 0 spiro atoms. The molecule has 1 saturated heterocycles. The molecular weight excluding hydrogens is 258 g/mol. The average molecular weight is 275 g/mol. The predicted molar refractivity (Wildman–Crippen MR) is 70.0 cm³/mol. The van der Waals surface area contributed by atoms with Gasteiger partial charge in [0.15, 0.2) is 5.13 Å². The molecule has 1 aliphatic rings. The Hall–Kier alpha value is -0.660. The Morgan fingerprint density at radius 3 is 3.00 bits per heavy atom. The van der Waals surface area contributed by atoms with Crippen molar-refractivity contribution in [3.8, 4) is 0 Å². The van der Waals surface area contributed by atoms with E-state index < -0.39 is 10.0 Å². The summed E-state index contributed by atoms with van der Waals surface area (Å²) in [6, 6.07) is 0.162. The third-order valence-corrected chi connectivity index (χ3v) is 5.61. The van der Waals surface area contributed by atoms with Gasteiger partial charge in [0.2, 0.25) is 10.0 Å². The molecule has 1 aliphatic heterocycles. The van der Waals surface area contributed by atoms with Crippen LogP contribution >= 0.6 is 11.3 Å². The summed E-state index contributed by atoms with van der Waals surface area (Å²) >= 11 is 1.40. The van der Waals surface area contributed by atoms with Gasteiger partial charge in [-0.15, -0.1) is 11.3 Å². The van der Waals surface area contributed by atoms with E-state index in [1.807, 2.05) is 19.2 Å². The van der Waals surface area contributed by atoms with Gasteiger partial charge in [-0.25, -0.2) is 17.7 Å². The standard InChI is InChI=1S/C10H17N3O2S2/c1-3-11-8(2)9-7-16-10(12-9)13-5-4-6-17(13,14)15/h7-8,11H,3-6H2,1-2H3. The molecule has 0 radical (unpaired) electrons. The van der Waals surface area contributed by atoms with Gasteiger partial charge in [-0.1, -0.05) is 6.92 Å². The summed E-state index contributed by atoms with van der Waals surface area (Å²) < 4.78 is 24.9. The highest BCUT2D eigenvalue weighted by molar-refractivity contribution is 7.93. The first-order chi connectivity index (χ1) is 8.04. The van der Waals surface area contributed by atoms with Crippen molar-refractivity contribution >= 4 is 26.5 Å². The topological polar surface area (TPSA) is 62.3 Å². The van der Waals surface area contributed by atoms with E-state index in [1.54, 1.807) is 0 Å². The number of hydrogen-bond acceptors (Lipinski definition) is 5. The van der Waals surface area contributed by atoms with Crippen molar-refractivity contribution in [1.29, 1.82) is 0 Å². The Morgan fingerprint density at radius 1 is 1.65 bits per heavy atom. The van der Waals surface area contributed by atoms with E-state index in [4.69, 9.17) is 0 Å². The molecule has 2 heterocycles. The van der Waals surface area contributed by atoms with Gasteiger partial charge in [0.1, 0.15) is 0 Å². The molecule has 7 heteroatoms. The zero-order valence-corrected chi connectivity index (χ0v) is 11.6. The molecular formula is C10H17N3O2S2. The Labute approximate surface area is 106 Å². The van der Waals surface area contributed by atoms with E-state index in [0.717, 1.165) is 12.2 Å². The molecule has 1 atom stereocenters. The molecule has 5 nitrogen and oxygen atoms in total. The molecule has 17 heavy (non-hydrogen) atoms. The fourth-order valence-electron chi connectivity index (χ4n) is 1.85. The molecule has 0 amide bonds. The van der Waals surface area contributed by atoms with E-state index in [2.05, 4.69) is 10.3 Å². The monoisotopic (exact) mass is 275 g/mol. The molecule has 0 bridgehead atoms. The second-order valence-electron chi connectivity index (χ2n) is 4.08. The lowest BCUT2D eigenvalue weighted by atomic mass is 10.3. The minimum atomic E-state index is -3.10. The Morgan fingerprint density at radius 2 is 2.41 bits per heavy atom. The van der Waals surface area contributed by atoms with Crippen LogP contribution in [0.1, 0.15) is 32.0 Å². The van der Waals surface area contributed by atoms with Crippen molar-refractivity contribution in [3.05, 3.63) is 11.1 Å². The maximum Gasteiger partial charge on any atom is 0.236 e. The predicted octanol–water partition coefficient (Wildman–Crippen LogP) is 1.35. The second-order valence-corrected chi connectivity index (χ2v) is 6.93. The molecule has 1 N–H and O–H groups in total. The first-order valence-corrected chi connectivity index (χ1v) is 8.22. The number of nitrogens with zero attached hydrogens (tertiary/aromatic N) is 2. The van der Waals surface area contributed by atoms with E-state index in [0.29, 0.717) is 18.1 Å². The molecule has 1 unspecified atom stereocenters. The number of thiazole rings is 1. The van der Waals surface area contributed by atoms with Gasteiger partial charge in [-0.05, 0) is 19.9 Å². The van der Waals surface area contributed by atoms with Crippen molar-refractivity contribution < 1.29 is 8.42 Å². The lowest BCUT2D eigenvalue weighted by molar-refractivity contribution is 0.585. The summed E-state index contributed by atoms with van der Waals surface area (Å²) in [6.45, 7) is 5.50. The van der Waals surface area contributed by atoms with Crippen LogP contribution in [0.2, 0.25) is 0 Å². The van der Waals surface area contributed by atoms with Crippen molar-refractivity contribution in [1.82, 2.24) is 10.3 Å². The Balaban J connectivity index is 2.18. The van der Waals surface area contributed by atoms with Crippen LogP contribution in [0, 0.1) is 0 Å². The summed E-state index contributed by atoms with van der Waals surface area (Å²) in [5.74, 6) is 0.241. The van der Waals surface area contributed by atoms with Gasteiger partial charge in [0, 0.05) is 18.0 Å². The quantitative estimate of drug-likeness (QED) is 0.901. The van der Waals surface area contributed by atoms with Crippen LogP contribution in [0.15, 0.2) is 5.38 Å². The van der Waals surface area contributed by atoms with Crippen molar-refractivity contribution in [2.24, 2.45) is 0 Å².